The lowest BCUT2D eigenvalue weighted by molar-refractivity contribution is 0.0232. The summed E-state index contributed by atoms with van der Waals surface area (Å²) >= 11 is 0. The zero-order valence-electron chi connectivity index (χ0n) is 11.3. The molecule has 1 heterocycles. The molecule has 0 amide bonds. The predicted molar refractivity (Wildman–Crippen MR) is 73.3 cm³/mol. The zero-order chi connectivity index (χ0) is 12.4. The highest BCUT2D eigenvalue weighted by molar-refractivity contribution is 5.28. The van der Waals surface area contributed by atoms with Crippen molar-refractivity contribution in [3.63, 3.8) is 0 Å². The van der Waals surface area contributed by atoms with Crippen LogP contribution in [0.2, 0.25) is 0 Å². The molecule has 2 heteroatoms. The smallest absolute Gasteiger partial charge is 0.0684 e. The molecule has 0 aromatic rings. The van der Waals surface area contributed by atoms with Crippen molar-refractivity contribution in [1.82, 2.24) is 10.0 Å². The molecule has 0 fully saturated rings. The van der Waals surface area contributed by atoms with E-state index in [1.165, 1.54) is 19.3 Å². The highest BCUT2D eigenvalue weighted by Crippen LogP contribution is 2.30. The van der Waals surface area contributed by atoms with Gasteiger partial charge in [-0.25, -0.2) is 5.01 Å². The van der Waals surface area contributed by atoms with E-state index in [2.05, 4.69) is 55.7 Å². The Balaban J connectivity index is 2.16. The number of hydrogen-bond acceptors (Lipinski definition) is 2. The number of allylic oxidation sites excluding steroid dienone is 2. The molecule has 0 saturated carbocycles. The molecule has 0 bridgehead atoms. The van der Waals surface area contributed by atoms with E-state index in [-0.39, 0.29) is 0 Å². The fraction of sp³-hybridized carbons (Fsp3) is 0.600. The third kappa shape index (κ3) is 2.47. The standard InChI is InChI=1S/C15H24N2/c1-5-17-13(3)8-11-15(16(17)4)14-9-6-12(2)7-10-14/h8-9,11-12,15H,3,5-7,10H2,1-2,4H3. The van der Waals surface area contributed by atoms with E-state index in [0.717, 1.165) is 18.2 Å². The molecular formula is C15H24N2. The van der Waals surface area contributed by atoms with Crippen LogP contribution in [0.3, 0.4) is 0 Å². The molecule has 0 N–H and O–H groups in total. The number of likely N-dealkylation sites (N-methyl/N-ethyl adjacent to an activating group) is 2. The van der Waals surface area contributed by atoms with E-state index in [1.807, 2.05) is 0 Å². The van der Waals surface area contributed by atoms with Crippen molar-refractivity contribution in [3.8, 4) is 0 Å². The minimum atomic E-state index is 0.438. The van der Waals surface area contributed by atoms with Crippen LogP contribution in [-0.4, -0.2) is 29.7 Å². The molecule has 0 radical (unpaired) electrons. The van der Waals surface area contributed by atoms with E-state index in [4.69, 9.17) is 0 Å². The summed E-state index contributed by atoms with van der Waals surface area (Å²) in [5.41, 5.74) is 2.67. The summed E-state index contributed by atoms with van der Waals surface area (Å²) in [6.45, 7) is 9.59. The van der Waals surface area contributed by atoms with Gasteiger partial charge < -0.3 is 5.01 Å². The van der Waals surface area contributed by atoms with Gasteiger partial charge in [0.05, 0.1) is 6.04 Å². The summed E-state index contributed by atoms with van der Waals surface area (Å²) in [4.78, 5) is 0. The van der Waals surface area contributed by atoms with E-state index in [0.29, 0.717) is 6.04 Å². The lowest BCUT2D eigenvalue weighted by Gasteiger charge is -2.42. The second kappa shape index (κ2) is 5.09. The maximum atomic E-state index is 4.09. The summed E-state index contributed by atoms with van der Waals surface area (Å²) in [6, 6.07) is 0.438. The van der Waals surface area contributed by atoms with Crippen molar-refractivity contribution in [2.45, 2.75) is 39.2 Å². The molecule has 0 saturated heterocycles. The van der Waals surface area contributed by atoms with Crippen LogP contribution >= 0.6 is 0 Å². The molecule has 0 spiro atoms. The van der Waals surface area contributed by atoms with E-state index < -0.39 is 0 Å². The quantitative estimate of drug-likeness (QED) is 0.674. The van der Waals surface area contributed by atoms with E-state index >= 15 is 0 Å². The summed E-state index contributed by atoms with van der Waals surface area (Å²) in [5.74, 6) is 0.855. The van der Waals surface area contributed by atoms with Gasteiger partial charge in [-0.1, -0.05) is 31.2 Å². The number of hydrogen-bond donors (Lipinski definition) is 0. The molecule has 0 aromatic heterocycles. The topological polar surface area (TPSA) is 6.48 Å². The SMILES string of the molecule is C=C1C=CC(C2=CCC(C)CC2)N(C)N1CC. The van der Waals surface area contributed by atoms with Gasteiger partial charge in [-0.05, 0) is 38.2 Å². The van der Waals surface area contributed by atoms with Gasteiger partial charge in [0.1, 0.15) is 0 Å². The van der Waals surface area contributed by atoms with Crippen LogP contribution in [0, 0.1) is 5.92 Å². The summed E-state index contributed by atoms with van der Waals surface area (Å²) in [7, 11) is 2.17. The number of nitrogens with zero attached hydrogens (tertiary/aromatic N) is 2. The molecule has 0 aromatic carbocycles. The van der Waals surface area contributed by atoms with Crippen LogP contribution in [0.4, 0.5) is 0 Å². The van der Waals surface area contributed by atoms with Crippen molar-refractivity contribution in [2.75, 3.05) is 13.6 Å². The van der Waals surface area contributed by atoms with Gasteiger partial charge in [0, 0.05) is 19.3 Å². The fourth-order valence-electron chi connectivity index (χ4n) is 2.81. The molecule has 2 atom stereocenters. The maximum absolute atomic E-state index is 4.09. The van der Waals surface area contributed by atoms with Gasteiger partial charge in [0.25, 0.3) is 0 Å². The van der Waals surface area contributed by atoms with E-state index in [1.54, 1.807) is 5.57 Å². The van der Waals surface area contributed by atoms with Crippen molar-refractivity contribution >= 4 is 0 Å². The monoisotopic (exact) mass is 232 g/mol. The summed E-state index contributed by atoms with van der Waals surface area (Å²) < 4.78 is 0. The third-order valence-corrected chi connectivity index (χ3v) is 3.97. The molecule has 1 aliphatic carbocycles. The molecule has 2 rings (SSSR count). The Bertz CT molecular complexity index is 354. The van der Waals surface area contributed by atoms with Crippen LogP contribution in [0.15, 0.2) is 36.1 Å². The van der Waals surface area contributed by atoms with Crippen LogP contribution in [0.1, 0.15) is 33.1 Å². The fourth-order valence-corrected chi connectivity index (χ4v) is 2.81. The number of rotatable bonds is 2. The zero-order valence-corrected chi connectivity index (χ0v) is 11.3. The van der Waals surface area contributed by atoms with Gasteiger partial charge in [-0.3, -0.25) is 0 Å². The average Bonchev–Trinajstić information content (AvgIpc) is 2.31. The minimum absolute atomic E-state index is 0.438. The molecular weight excluding hydrogens is 208 g/mol. The van der Waals surface area contributed by atoms with Crippen LogP contribution in [0.25, 0.3) is 0 Å². The van der Waals surface area contributed by atoms with E-state index in [9.17, 15) is 0 Å². The Hall–Kier alpha value is -1.02. The van der Waals surface area contributed by atoms with Crippen molar-refractivity contribution in [3.05, 3.63) is 36.1 Å². The summed E-state index contributed by atoms with van der Waals surface area (Å²) in [5, 5.41) is 4.58. The van der Waals surface area contributed by atoms with Crippen LogP contribution in [0.5, 0.6) is 0 Å². The second-order valence-corrected chi connectivity index (χ2v) is 5.24. The molecule has 2 nitrogen and oxygen atoms in total. The molecule has 2 aliphatic rings. The van der Waals surface area contributed by atoms with Gasteiger partial charge >= 0.3 is 0 Å². The van der Waals surface area contributed by atoms with Gasteiger partial charge in [-0.15, -0.1) is 0 Å². The van der Waals surface area contributed by atoms with Crippen molar-refractivity contribution < 1.29 is 0 Å². The highest BCUT2D eigenvalue weighted by atomic mass is 15.6. The maximum Gasteiger partial charge on any atom is 0.0684 e. The Morgan fingerprint density at radius 1 is 1.47 bits per heavy atom. The Morgan fingerprint density at radius 2 is 2.24 bits per heavy atom. The minimum Gasteiger partial charge on any atom is -0.306 e. The van der Waals surface area contributed by atoms with Crippen LogP contribution in [-0.2, 0) is 0 Å². The lowest BCUT2D eigenvalue weighted by Crippen LogP contribution is -2.47. The summed E-state index contributed by atoms with van der Waals surface area (Å²) in [6.07, 6.45) is 10.7. The predicted octanol–water partition coefficient (Wildman–Crippen LogP) is 3.35. The first kappa shape index (κ1) is 12.4. The van der Waals surface area contributed by atoms with Crippen LogP contribution < -0.4 is 0 Å². The number of hydrazine groups is 1. The first-order valence-corrected chi connectivity index (χ1v) is 6.69. The molecule has 2 unspecified atom stereocenters. The Morgan fingerprint density at radius 3 is 2.82 bits per heavy atom. The normalized spacial score (nSPS) is 30.6. The molecule has 17 heavy (non-hydrogen) atoms. The lowest BCUT2D eigenvalue weighted by atomic mass is 9.87. The average molecular weight is 232 g/mol. The highest BCUT2D eigenvalue weighted by Gasteiger charge is 2.26. The van der Waals surface area contributed by atoms with Crippen molar-refractivity contribution in [2.24, 2.45) is 5.92 Å². The Kier molecular flexibility index (Phi) is 3.72. The first-order chi connectivity index (χ1) is 8.13. The van der Waals surface area contributed by atoms with Gasteiger partial charge in [0.2, 0.25) is 0 Å². The first-order valence-electron chi connectivity index (χ1n) is 6.69. The molecule has 1 aliphatic heterocycles. The van der Waals surface area contributed by atoms with Gasteiger partial charge in [0.15, 0.2) is 0 Å². The Labute approximate surface area is 105 Å². The van der Waals surface area contributed by atoms with Gasteiger partial charge in [-0.2, -0.15) is 0 Å². The molecule has 94 valence electrons. The third-order valence-electron chi connectivity index (χ3n) is 3.97. The largest absolute Gasteiger partial charge is 0.306 e. The second-order valence-electron chi connectivity index (χ2n) is 5.24. The van der Waals surface area contributed by atoms with Crippen molar-refractivity contribution in [1.29, 1.82) is 0 Å².